The summed E-state index contributed by atoms with van der Waals surface area (Å²) in [5, 5.41) is 17.3. The summed E-state index contributed by atoms with van der Waals surface area (Å²) in [5.74, 6) is -0.263. The van der Waals surface area contributed by atoms with Crippen molar-refractivity contribution in [1.82, 2.24) is 15.0 Å². The second-order valence-corrected chi connectivity index (χ2v) is 5.41. The minimum atomic E-state index is -0.611. The van der Waals surface area contributed by atoms with E-state index in [2.05, 4.69) is 25.6 Å². The summed E-state index contributed by atoms with van der Waals surface area (Å²) in [7, 11) is 0. The number of hydrogen-bond donors (Lipinski definition) is 2. The summed E-state index contributed by atoms with van der Waals surface area (Å²) in [5.41, 5.74) is 0.176. The zero-order valence-electron chi connectivity index (χ0n) is 14.8. The van der Waals surface area contributed by atoms with Crippen LogP contribution in [-0.4, -0.2) is 32.5 Å². The van der Waals surface area contributed by atoms with Gasteiger partial charge in [0.1, 0.15) is 12.1 Å². The lowest BCUT2D eigenvalue weighted by Gasteiger charge is -2.12. The van der Waals surface area contributed by atoms with E-state index >= 15 is 0 Å². The van der Waals surface area contributed by atoms with Gasteiger partial charge in [-0.05, 0) is 31.2 Å². The Balaban J connectivity index is 1.98. The number of rotatable bonds is 7. The van der Waals surface area contributed by atoms with Crippen molar-refractivity contribution in [3.8, 4) is 0 Å². The first-order valence-corrected chi connectivity index (χ1v) is 8.30. The number of anilines is 4. The molecule has 0 bridgehead atoms. The molecular formula is C18H16N6O4. The van der Waals surface area contributed by atoms with Gasteiger partial charge in [0, 0.05) is 6.20 Å². The molecule has 142 valence electrons. The largest absolute Gasteiger partial charge is 0.462 e. The van der Waals surface area contributed by atoms with Gasteiger partial charge >= 0.3 is 11.7 Å². The fourth-order valence-corrected chi connectivity index (χ4v) is 2.40. The molecule has 0 saturated carbocycles. The number of carbonyl (C=O) groups is 1. The molecule has 0 aliphatic rings. The first kappa shape index (κ1) is 18.7. The minimum Gasteiger partial charge on any atom is -0.462 e. The van der Waals surface area contributed by atoms with E-state index in [4.69, 9.17) is 4.74 Å². The van der Waals surface area contributed by atoms with Crippen LogP contribution < -0.4 is 10.6 Å². The highest BCUT2D eigenvalue weighted by atomic mass is 16.6. The van der Waals surface area contributed by atoms with Crippen molar-refractivity contribution < 1.29 is 14.5 Å². The number of carbonyl (C=O) groups excluding carboxylic acids is 1. The van der Waals surface area contributed by atoms with Crippen molar-refractivity contribution >= 4 is 34.8 Å². The van der Waals surface area contributed by atoms with E-state index in [1.165, 1.54) is 6.33 Å². The fraction of sp³-hybridized carbons (Fsp3) is 0.111. The van der Waals surface area contributed by atoms with Crippen LogP contribution in [0.5, 0.6) is 0 Å². The van der Waals surface area contributed by atoms with Crippen molar-refractivity contribution in [1.29, 1.82) is 0 Å². The van der Waals surface area contributed by atoms with Crippen molar-refractivity contribution in [3.05, 3.63) is 70.7 Å². The second-order valence-electron chi connectivity index (χ2n) is 5.41. The van der Waals surface area contributed by atoms with E-state index in [0.717, 1.165) is 0 Å². The molecule has 2 heterocycles. The molecule has 0 amide bonds. The highest BCUT2D eigenvalue weighted by Gasteiger charge is 2.25. The van der Waals surface area contributed by atoms with Gasteiger partial charge in [0.2, 0.25) is 11.6 Å². The Bertz CT molecular complexity index is 996. The molecule has 28 heavy (non-hydrogen) atoms. The van der Waals surface area contributed by atoms with E-state index < -0.39 is 10.9 Å². The van der Waals surface area contributed by atoms with Crippen molar-refractivity contribution in [2.75, 3.05) is 17.2 Å². The highest BCUT2D eigenvalue weighted by molar-refractivity contribution is 5.97. The van der Waals surface area contributed by atoms with E-state index in [0.29, 0.717) is 11.5 Å². The summed E-state index contributed by atoms with van der Waals surface area (Å²) in [4.78, 5) is 35.2. The summed E-state index contributed by atoms with van der Waals surface area (Å²) >= 11 is 0. The van der Waals surface area contributed by atoms with Crippen LogP contribution >= 0.6 is 0 Å². The van der Waals surface area contributed by atoms with Gasteiger partial charge in [-0.3, -0.25) is 10.1 Å². The smallest absolute Gasteiger partial charge is 0.353 e. The Kier molecular flexibility index (Phi) is 5.70. The Hall–Kier alpha value is -4.08. The molecule has 3 rings (SSSR count). The molecule has 0 unspecified atom stereocenters. The average molecular weight is 380 g/mol. The van der Waals surface area contributed by atoms with Gasteiger partial charge in [-0.1, -0.05) is 18.2 Å². The maximum Gasteiger partial charge on any atom is 0.353 e. The van der Waals surface area contributed by atoms with Gasteiger partial charge in [-0.25, -0.2) is 19.7 Å². The van der Waals surface area contributed by atoms with Crippen LogP contribution in [0.4, 0.5) is 28.8 Å². The predicted molar refractivity (Wildman–Crippen MR) is 102 cm³/mol. The molecule has 3 aromatic rings. The fourth-order valence-electron chi connectivity index (χ4n) is 2.40. The molecule has 0 fully saturated rings. The molecule has 0 spiro atoms. The molecule has 0 saturated heterocycles. The average Bonchev–Trinajstić information content (AvgIpc) is 2.69. The van der Waals surface area contributed by atoms with Crippen LogP contribution in [0, 0.1) is 10.1 Å². The monoisotopic (exact) mass is 380 g/mol. The van der Waals surface area contributed by atoms with Crippen LogP contribution in [0.15, 0.2) is 55.0 Å². The Morgan fingerprint density at radius 3 is 2.46 bits per heavy atom. The van der Waals surface area contributed by atoms with Gasteiger partial charge in [0.15, 0.2) is 0 Å². The van der Waals surface area contributed by atoms with E-state index in [1.807, 2.05) is 0 Å². The Morgan fingerprint density at radius 1 is 1.07 bits per heavy atom. The van der Waals surface area contributed by atoms with Crippen LogP contribution in [0.1, 0.15) is 17.3 Å². The molecule has 0 radical (unpaired) electrons. The zero-order valence-corrected chi connectivity index (χ0v) is 14.8. The number of para-hydroxylation sites is 1. The van der Waals surface area contributed by atoms with Gasteiger partial charge in [0.25, 0.3) is 0 Å². The number of benzene rings is 1. The second kappa shape index (κ2) is 8.54. The molecule has 10 heteroatoms. The predicted octanol–water partition coefficient (Wildman–Crippen LogP) is 3.44. The molecule has 0 aliphatic heterocycles. The number of hydrogen-bond acceptors (Lipinski definition) is 9. The maximum atomic E-state index is 12.1. The van der Waals surface area contributed by atoms with E-state index in [1.54, 1.807) is 55.6 Å². The number of ether oxygens (including phenoxy) is 1. The van der Waals surface area contributed by atoms with Crippen LogP contribution in [0.2, 0.25) is 0 Å². The third-order valence-electron chi connectivity index (χ3n) is 3.59. The van der Waals surface area contributed by atoms with Gasteiger partial charge in [-0.2, -0.15) is 0 Å². The summed E-state index contributed by atoms with van der Waals surface area (Å²) < 4.78 is 5.02. The molecule has 0 atom stereocenters. The minimum absolute atomic E-state index is 0.0326. The Labute approximate surface area is 159 Å². The Morgan fingerprint density at radius 2 is 1.79 bits per heavy atom. The quantitative estimate of drug-likeness (QED) is 0.359. The van der Waals surface area contributed by atoms with Crippen molar-refractivity contribution in [2.24, 2.45) is 0 Å². The molecule has 2 aromatic heterocycles. The van der Waals surface area contributed by atoms with Crippen molar-refractivity contribution in [2.45, 2.75) is 6.92 Å². The lowest BCUT2D eigenvalue weighted by atomic mass is 10.2. The first-order chi connectivity index (χ1) is 13.6. The van der Waals surface area contributed by atoms with Gasteiger partial charge < -0.3 is 15.4 Å². The third-order valence-corrected chi connectivity index (χ3v) is 3.59. The lowest BCUT2D eigenvalue weighted by Crippen LogP contribution is -2.10. The van der Waals surface area contributed by atoms with E-state index in [-0.39, 0.29) is 29.5 Å². The first-order valence-electron chi connectivity index (χ1n) is 8.30. The number of nitrogens with one attached hydrogen (secondary N) is 2. The zero-order chi connectivity index (χ0) is 19.9. The molecule has 2 N–H and O–H groups in total. The number of pyridine rings is 1. The molecule has 0 aliphatic carbocycles. The topological polar surface area (TPSA) is 132 Å². The molecular weight excluding hydrogens is 364 g/mol. The van der Waals surface area contributed by atoms with Gasteiger partial charge in [0.05, 0.1) is 22.8 Å². The highest BCUT2D eigenvalue weighted by Crippen LogP contribution is 2.33. The SMILES string of the molecule is CCOC(=O)c1ccccc1Nc1ncnc(Nc2ccccn2)c1[N+](=O)[O-]. The number of aromatic nitrogens is 3. The number of nitro groups is 1. The normalized spacial score (nSPS) is 10.2. The van der Waals surface area contributed by atoms with Crippen molar-refractivity contribution in [3.63, 3.8) is 0 Å². The van der Waals surface area contributed by atoms with Crippen LogP contribution in [0.25, 0.3) is 0 Å². The third kappa shape index (κ3) is 4.18. The summed E-state index contributed by atoms with van der Waals surface area (Å²) in [6.07, 6.45) is 2.72. The lowest BCUT2D eigenvalue weighted by molar-refractivity contribution is -0.383. The van der Waals surface area contributed by atoms with Crippen LogP contribution in [0.3, 0.4) is 0 Å². The standard InChI is InChI=1S/C18H16N6O4/c1-2-28-18(25)12-7-3-4-8-13(12)22-16-15(24(26)27)17(21-11-20-16)23-14-9-5-6-10-19-14/h3-11H,2H2,1H3,(H2,19,20,21,22,23). The summed E-state index contributed by atoms with van der Waals surface area (Å²) in [6.45, 7) is 1.90. The van der Waals surface area contributed by atoms with Gasteiger partial charge in [-0.15, -0.1) is 0 Å². The molecule has 10 nitrogen and oxygen atoms in total. The number of nitrogens with zero attached hydrogens (tertiary/aromatic N) is 4. The van der Waals surface area contributed by atoms with E-state index in [9.17, 15) is 14.9 Å². The maximum absolute atomic E-state index is 12.1. The van der Waals surface area contributed by atoms with Crippen LogP contribution in [-0.2, 0) is 4.74 Å². The number of esters is 1. The summed E-state index contributed by atoms with van der Waals surface area (Å²) in [6, 6.07) is 11.6. The molecule has 1 aromatic carbocycles.